The number of rotatable bonds is 0. The highest BCUT2D eigenvalue weighted by Crippen LogP contribution is 1.91. The number of nitrogens with one attached hydrogen (secondary N) is 1. The molecule has 0 aromatic rings. The predicted molar refractivity (Wildman–Crippen MR) is 39.5 cm³/mol. The van der Waals surface area contributed by atoms with Crippen LogP contribution in [-0.4, -0.2) is 18.7 Å². The van der Waals surface area contributed by atoms with Crippen LogP contribution in [-0.2, 0) is 0 Å². The van der Waals surface area contributed by atoms with Crippen LogP contribution in [0.3, 0.4) is 0 Å². The molecule has 0 atom stereocenters. The SMILES string of the molecule is Cl.NC1(N)N=CCCN1. The van der Waals surface area contributed by atoms with Gasteiger partial charge in [-0.2, -0.15) is 0 Å². The fraction of sp³-hybridized carbons (Fsp3) is 0.750. The molecule has 5 heteroatoms. The second-order valence-electron chi connectivity index (χ2n) is 1.85. The fourth-order valence-electron chi connectivity index (χ4n) is 0.598. The topological polar surface area (TPSA) is 76.4 Å². The van der Waals surface area contributed by atoms with Gasteiger partial charge in [0, 0.05) is 12.8 Å². The van der Waals surface area contributed by atoms with E-state index in [2.05, 4.69) is 10.3 Å². The van der Waals surface area contributed by atoms with E-state index in [1.54, 1.807) is 6.21 Å². The second-order valence-corrected chi connectivity index (χ2v) is 1.85. The summed E-state index contributed by atoms with van der Waals surface area (Å²) < 4.78 is 0. The number of halogens is 1. The van der Waals surface area contributed by atoms with Crippen LogP contribution in [0.25, 0.3) is 0 Å². The molecule has 0 radical (unpaired) electrons. The lowest BCUT2D eigenvalue weighted by molar-refractivity contribution is 0.358. The summed E-state index contributed by atoms with van der Waals surface area (Å²) in [7, 11) is 0. The van der Waals surface area contributed by atoms with Gasteiger partial charge in [-0.25, -0.2) is 4.99 Å². The van der Waals surface area contributed by atoms with Gasteiger partial charge < -0.3 is 0 Å². The molecule has 0 unspecified atom stereocenters. The van der Waals surface area contributed by atoms with Gasteiger partial charge in [0.05, 0.1) is 0 Å². The highest BCUT2D eigenvalue weighted by molar-refractivity contribution is 5.85. The van der Waals surface area contributed by atoms with E-state index in [1.165, 1.54) is 0 Å². The lowest BCUT2D eigenvalue weighted by Crippen LogP contribution is -2.61. The standard InChI is InChI=1S/C4H10N4.ClH/c5-4(6)7-2-1-3-8-4;/h2,8H,1,3,5-6H2;1H. The average molecular weight is 151 g/mol. The molecule has 0 amide bonds. The first kappa shape index (κ1) is 8.84. The summed E-state index contributed by atoms with van der Waals surface area (Å²) in [5.41, 5.74) is 10.7. The Balaban J connectivity index is 0.000000640. The van der Waals surface area contributed by atoms with Gasteiger partial charge in [0.2, 0.25) is 5.91 Å². The number of aliphatic imine (C=N–C) groups is 1. The van der Waals surface area contributed by atoms with Crippen LogP contribution in [0.2, 0.25) is 0 Å². The summed E-state index contributed by atoms with van der Waals surface area (Å²) in [6.45, 7) is 0.816. The quantitative estimate of drug-likeness (QED) is 0.388. The number of nitrogens with two attached hydrogens (primary N) is 2. The van der Waals surface area contributed by atoms with Crippen molar-refractivity contribution < 1.29 is 0 Å². The molecule has 0 spiro atoms. The van der Waals surface area contributed by atoms with E-state index >= 15 is 0 Å². The predicted octanol–water partition coefficient (Wildman–Crippen LogP) is -0.999. The Hall–Kier alpha value is -0.160. The third-order valence-corrected chi connectivity index (χ3v) is 0.987. The molecule has 1 rings (SSSR count). The van der Waals surface area contributed by atoms with Crippen LogP contribution in [0.1, 0.15) is 6.42 Å². The van der Waals surface area contributed by atoms with E-state index in [0.29, 0.717) is 0 Å². The Morgan fingerprint density at radius 2 is 2.22 bits per heavy atom. The monoisotopic (exact) mass is 150 g/mol. The Morgan fingerprint density at radius 3 is 2.44 bits per heavy atom. The van der Waals surface area contributed by atoms with E-state index < -0.39 is 5.91 Å². The molecule has 0 saturated heterocycles. The van der Waals surface area contributed by atoms with Gasteiger partial charge in [-0.3, -0.25) is 16.8 Å². The maximum atomic E-state index is 5.35. The van der Waals surface area contributed by atoms with Gasteiger partial charge in [0.25, 0.3) is 0 Å². The van der Waals surface area contributed by atoms with Gasteiger partial charge in [0.1, 0.15) is 0 Å². The lowest BCUT2D eigenvalue weighted by atomic mass is 10.4. The minimum absolute atomic E-state index is 0. The lowest BCUT2D eigenvalue weighted by Gasteiger charge is -2.23. The number of hydrogen-bond donors (Lipinski definition) is 3. The third-order valence-electron chi connectivity index (χ3n) is 0.987. The normalized spacial score (nSPS) is 22.9. The van der Waals surface area contributed by atoms with Crippen LogP contribution in [0.5, 0.6) is 0 Å². The molecule has 0 fully saturated rings. The van der Waals surface area contributed by atoms with Crippen molar-refractivity contribution in [3.05, 3.63) is 0 Å². The van der Waals surface area contributed by atoms with Crippen molar-refractivity contribution in [3.63, 3.8) is 0 Å². The average Bonchev–Trinajstić information content (AvgIpc) is 1.65. The second kappa shape index (κ2) is 3.12. The van der Waals surface area contributed by atoms with Crippen molar-refractivity contribution in [1.82, 2.24) is 5.32 Å². The van der Waals surface area contributed by atoms with Crippen molar-refractivity contribution in [2.75, 3.05) is 6.54 Å². The van der Waals surface area contributed by atoms with Gasteiger partial charge in [-0.05, 0) is 6.42 Å². The van der Waals surface area contributed by atoms with E-state index in [9.17, 15) is 0 Å². The van der Waals surface area contributed by atoms with Crippen LogP contribution < -0.4 is 16.8 Å². The molecule has 54 valence electrons. The molecule has 9 heavy (non-hydrogen) atoms. The molecule has 4 nitrogen and oxygen atoms in total. The first-order chi connectivity index (χ1) is 3.71. The molecule has 1 aliphatic rings. The van der Waals surface area contributed by atoms with Gasteiger partial charge in [0.15, 0.2) is 0 Å². The molecule has 0 aliphatic carbocycles. The zero-order valence-electron chi connectivity index (χ0n) is 5.00. The molecule has 0 saturated carbocycles. The molecule has 0 bridgehead atoms. The van der Waals surface area contributed by atoms with Gasteiger partial charge >= 0.3 is 0 Å². The molecule has 5 N–H and O–H groups in total. The first-order valence-electron chi connectivity index (χ1n) is 2.57. The largest absolute Gasteiger partial charge is 0.282 e. The summed E-state index contributed by atoms with van der Waals surface area (Å²) in [4.78, 5) is 3.78. The number of hydrogen-bond acceptors (Lipinski definition) is 4. The van der Waals surface area contributed by atoms with E-state index in [-0.39, 0.29) is 12.4 Å². The van der Waals surface area contributed by atoms with Gasteiger partial charge in [-0.1, -0.05) is 0 Å². The highest BCUT2D eigenvalue weighted by atomic mass is 35.5. The van der Waals surface area contributed by atoms with Crippen molar-refractivity contribution in [1.29, 1.82) is 0 Å². The van der Waals surface area contributed by atoms with E-state index in [1.807, 2.05) is 0 Å². The summed E-state index contributed by atoms with van der Waals surface area (Å²) >= 11 is 0. The minimum atomic E-state index is -1.00. The molecular weight excluding hydrogens is 140 g/mol. The van der Waals surface area contributed by atoms with Crippen LogP contribution in [0.15, 0.2) is 4.99 Å². The van der Waals surface area contributed by atoms with E-state index in [4.69, 9.17) is 11.5 Å². The summed E-state index contributed by atoms with van der Waals surface area (Å²) in [5.74, 6) is -1.00. The Morgan fingerprint density at radius 1 is 1.56 bits per heavy atom. The summed E-state index contributed by atoms with van der Waals surface area (Å²) in [5, 5.41) is 2.82. The van der Waals surface area contributed by atoms with Crippen molar-refractivity contribution in [2.24, 2.45) is 16.5 Å². The van der Waals surface area contributed by atoms with Crippen LogP contribution in [0.4, 0.5) is 0 Å². The smallest absolute Gasteiger partial charge is 0.217 e. The summed E-state index contributed by atoms with van der Waals surface area (Å²) in [6.07, 6.45) is 2.65. The fourth-order valence-corrected chi connectivity index (χ4v) is 0.598. The first-order valence-corrected chi connectivity index (χ1v) is 2.57. The van der Waals surface area contributed by atoms with Crippen molar-refractivity contribution in [3.8, 4) is 0 Å². The molecule has 0 aromatic heterocycles. The minimum Gasteiger partial charge on any atom is -0.282 e. The van der Waals surface area contributed by atoms with Crippen molar-refractivity contribution in [2.45, 2.75) is 12.3 Å². The Kier molecular flexibility index (Phi) is 3.07. The molecule has 0 aromatic carbocycles. The molecule has 1 heterocycles. The maximum Gasteiger partial charge on any atom is 0.217 e. The van der Waals surface area contributed by atoms with Gasteiger partial charge in [-0.15, -0.1) is 12.4 Å². The van der Waals surface area contributed by atoms with Crippen LogP contribution in [0, 0.1) is 0 Å². The van der Waals surface area contributed by atoms with Crippen LogP contribution >= 0.6 is 12.4 Å². The third kappa shape index (κ3) is 2.76. The Labute approximate surface area is 60.1 Å². The zero-order chi connectivity index (χ0) is 6.04. The maximum absolute atomic E-state index is 5.35. The molecular formula is C4H11ClN4. The van der Waals surface area contributed by atoms with Crippen molar-refractivity contribution >= 4 is 18.6 Å². The zero-order valence-corrected chi connectivity index (χ0v) is 5.82. The Bertz CT molecular complexity index is 111. The van der Waals surface area contributed by atoms with E-state index in [0.717, 1.165) is 13.0 Å². The highest BCUT2D eigenvalue weighted by Gasteiger charge is 2.16. The number of nitrogens with zero attached hydrogens (tertiary/aromatic N) is 1. The summed E-state index contributed by atoms with van der Waals surface area (Å²) in [6, 6.07) is 0. The molecule has 1 aliphatic heterocycles.